The molecule has 0 saturated heterocycles. The van der Waals surface area contributed by atoms with E-state index in [0.717, 1.165) is 27.7 Å². The van der Waals surface area contributed by atoms with Crippen molar-refractivity contribution in [2.45, 2.75) is 25.9 Å². The highest BCUT2D eigenvalue weighted by Crippen LogP contribution is 2.27. The maximum atomic E-state index is 13.2. The lowest BCUT2D eigenvalue weighted by Gasteiger charge is -2.17. The second-order valence-corrected chi connectivity index (χ2v) is 10.1. The third-order valence-corrected chi connectivity index (χ3v) is 7.33. The van der Waals surface area contributed by atoms with Crippen molar-refractivity contribution >= 4 is 35.5 Å². The first-order chi connectivity index (χ1) is 20.0. The van der Waals surface area contributed by atoms with E-state index in [2.05, 4.69) is 22.9 Å². The Balaban J connectivity index is 1.40. The van der Waals surface area contributed by atoms with Gasteiger partial charge in [-0.3, -0.25) is 9.36 Å². The van der Waals surface area contributed by atoms with Crippen LogP contribution in [0.25, 0.3) is 22.2 Å². The van der Waals surface area contributed by atoms with Crippen molar-refractivity contribution in [3.63, 3.8) is 0 Å². The van der Waals surface area contributed by atoms with Gasteiger partial charge in [0.25, 0.3) is 11.9 Å². The van der Waals surface area contributed by atoms with Crippen LogP contribution < -0.4 is 10.1 Å². The van der Waals surface area contributed by atoms with Crippen LogP contribution in [0.1, 0.15) is 38.8 Å². The zero-order valence-corrected chi connectivity index (χ0v) is 23.6. The standard InChI is InChI=1S/C33H31N3O4S/c1-2-40-33-35-29-17-16-25(31(37)34-26(21-41)18-22-8-4-3-5-9-22)19-30(29)36(33)20-23-12-14-24(15-13-23)27-10-6-7-11-28(27)32(38)39/h3-17,19,26,41H,2,18,20-21H2,1H3,(H,34,37)(H,38,39). The normalized spacial score (nSPS) is 11.8. The first-order valence-corrected chi connectivity index (χ1v) is 14.1. The highest BCUT2D eigenvalue weighted by molar-refractivity contribution is 7.80. The molecule has 2 N–H and O–H groups in total. The van der Waals surface area contributed by atoms with Crippen LogP contribution in [0.2, 0.25) is 0 Å². The van der Waals surface area contributed by atoms with E-state index in [1.54, 1.807) is 24.3 Å². The Morgan fingerprint density at radius 2 is 1.68 bits per heavy atom. The number of carbonyl (C=O) groups excluding carboxylic acids is 1. The van der Waals surface area contributed by atoms with Crippen molar-refractivity contribution in [2.75, 3.05) is 12.4 Å². The second kappa shape index (κ2) is 12.7. The Labute approximate surface area is 244 Å². The lowest BCUT2D eigenvalue weighted by Crippen LogP contribution is -2.37. The minimum atomic E-state index is -0.962. The number of benzene rings is 4. The Bertz CT molecular complexity index is 1670. The second-order valence-electron chi connectivity index (χ2n) is 9.71. The minimum Gasteiger partial charge on any atom is -0.478 e. The van der Waals surface area contributed by atoms with E-state index in [9.17, 15) is 14.7 Å². The molecule has 1 aromatic heterocycles. The molecule has 208 valence electrons. The molecule has 0 spiro atoms. The zero-order valence-electron chi connectivity index (χ0n) is 22.7. The fraction of sp³-hybridized carbons (Fsp3) is 0.182. The topological polar surface area (TPSA) is 93.5 Å². The van der Waals surface area contributed by atoms with E-state index in [-0.39, 0.29) is 17.5 Å². The van der Waals surface area contributed by atoms with Crippen LogP contribution in [-0.4, -0.2) is 44.9 Å². The molecule has 1 amide bonds. The SMILES string of the molecule is CCOc1nc2ccc(C(=O)NC(CS)Cc3ccccc3)cc2n1Cc1ccc(-c2ccccc2C(=O)O)cc1. The van der Waals surface area contributed by atoms with Crippen LogP contribution in [0.15, 0.2) is 97.1 Å². The quantitative estimate of drug-likeness (QED) is 0.168. The summed E-state index contributed by atoms with van der Waals surface area (Å²) in [5.74, 6) is -0.618. The van der Waals surface area contributed by atoms with Gasteiger partial charge in [-0.1, -0.05) is 72.8 Å². The highest BCUT2D eigenvalue weighted by atomic mass is 32.1. The van der Waals surface area contributed by atoms with Crippen molar-refractivity contribution in [2.24, 2.45) is 0 Å². The molecule has 8 heteroatoms. The van der Waals surface area contributed by atoms with Gasteiger partial charge in [-0.05, 0) is 59.9 Å². The molecule has 5 aromatic rings. The maximum Gasteiger partial charge on any atom is 0.336 e. The zero-order chi connectivity index (χ0) is 28.8. The summed E-state index contributed by atoms with van der Waals surface area (Å²) in [7, 11) is 0. The molecule has 0 fully saturated rings. The third kappa shape index (κ3) is 6.44. The number of aromatic carboxylic acids is 1. The summed E-state index contributed by atoms with van der Waals surface area (Å²) in [5.41, 5.74) is 5.90. The van der Waals surface area contributed by atoms with Crippen molar-refractivity contribution in [1.82, 2.24) is 14.9 Å². The van der Waals surface area contributed by atoms with Crippen molar-refractivity contribution < 1.29 is 19.4 Å². The lowest BCUT2D eigenvalue weighted by molar-refractivity contribution is 0.0697. The molecule has 0 saturated carbocycles. The van der Waals surface area contributed by atoms with Gasteiger partial charge in [0.1, 0.15) is 0 Å². The van der Waals surface area contributed by atoms with Crippen LogP contribution in [0.4, 0.5) is 0 Å². The molecule has 41 heavy (non-hydrogen) atoms. The predicted molar refractivity (Wildman–Crippen MR) is 164 cm³/mol. The molecule has 1 unspecified atom stereocenters. The van der Waals surface area contributed by atoms with Crippen molar-refractivity contribution in [1.29, 1.82) is 0 Å². The number of carboxylic acid groups (broad SMARTS) is 1. The summed E-state index contributed by atoms with van der Waals surface area (Å²) in [6, 6.07) is 30.6. The van der Waals surface area contributed by atoms with Crippen LogP contribution in [0.3, 0.4) is 0 Å². The molecule has 0 aliphatic rings. The predicted octanol–water partition coefficient (Wildman–Crippen LogP) is 6.12. The monoisotopic (exact) mass is 565 g/mol. The summed E-state index contributed by atoms with van der Waals surface area (Å²) in [6.07, 6.45) is 0.692. The molecular formula is C33H31N3O4S. The van der Waals surface area contributed by atoms with Crippen molar-refractivity contribution in [3.8, 4) is 17.1 Å². The summed E-state index contributed by atoms with van der Waals surface area (Å²) in [4.78, 5) is 29.6. The first kappa shape index (κ1) is 28.0. The van der Waals surface area contributed by atoms with Gasteiger partial charge in [-0.25, -0.2) is 4.79 Å². The number of aromatic nitrogens is 2. The molecule has 0 bridgehead atoms. The number of fused-ring (bicyclic) bond motifs is 1. The van der Waals surface area contributed by atoms with Crippen LogP contribution in [0.5, 0.6) is 6.01 Å². The van der Waals surface area contributed by atoms with Crippen LogP contribution in [0, 0.1) is 0 Å². The number of hydrogen-bond acceptors (Lipinski definition) is 5. The Hall–Kier alpha value is -4.56. The number of amides is 1. The van der Waals surface area contributed by atoms with Crippen LogP contribution in [-0.2, 0) is 13.0 Å². The van der Waals surface area contributed by atoms with Gasteiger partial charge in [0.2, 0.25) is 0 Å². The summed E-state index contributed by atoms with van der Waals surface area (Å²) >= 11 is 4.46. The number of thiol groups is 1. The van der Waals surface area contributed by atoms with E-state index in [4.69, 9.17) is 4.74 Å². The average Bonchev–Trinajstić information content (AvgIpc) is 3.33. The fourth-order valence-corrected chi connectivity index (χ4v) is 5.08. The summed E-state index contributed by atoms with van der Waals surface area (Å²) < 4.78 is 7.81. The first-order valence-electron chi connectivity index (χ1n) is 13.5. The minimum absolute atomic E-state index is 0.113. The Morgan fingerprint density at radius 1 is 0.951 bits per heavy atom. The van der Waals surface area contributed by atoms with E-state index in [0.29, 0.717) is 42.5 Å². The van der Waals surface area contributed by atoms with Crippen LogP contribution >= 0.6 is 12.6 Å². The molecule has 1 atom stereocenters. The van der Waals surface area contributed by atoms with Gasteiger partial charge >= 0.3 is 5.97 Å². The van der Waals surface area contributed by atoms with Crippen molar-refractivity contribution in [3.05, 3.63) is 119 Å². The van der Waals surface area contributed by atoms with E-state index in [1.165, 1.54) is 0 Å². The smallest absolute Gasteiger partial charge is 0.336 e. The molecule has 4 aromatic carbocycles. The summed E-state index contributed by atoms with van der Waals surface area (Å²) in [6.45, 7) is 2.82. The molecule has 0 aliphatic carbocycles. The molecule has 7 nitrogen and oxygen atoms in total. The number of rotatable bonds is 11. The largest absolute Gasteiger partial charge is 0.478 e. The lowest BCUT2D eigenvalue weighted by atomic mass is 9.99. The number of ether oxygens (including phenoxy) is 1. The van der Waals surface area contributed by atoms with Gasteiger partial charge in [-0.2, -0.15) is 17.6 Å². The third-order valence-electron chi connectivity index (χ3n) is 6.89. The molecule has 0 aliphatic heterocycles. The van der Waals surface area contributed by atoms with E-state index in [1.807, 2.05) is 84.3 Å². The number of nitrogens with one attached hydrogen (secondary N) is 1. The number of carbonyl (C=O) groups is 2. The number of nitrogens with zero attached hydrogens (tertiary/aromatic N) is 2. The van der Waals surface area contributed by atoms with E-state index >= 15 is 0 Å². The number of hydrogen-bond donors (Lipinski definition) is 3. The highest BCUT2D eigenvalue weighted by Gasteiger charge is 2.18. The Morgan fingerprint density at radius 3 is 2.39 bits per heavy atom. The molecule has 0 radical (unpaired) electrons. The Kier molecular flexibility index (Phi) is 8.70. The maximum absolute atomic E-state index is 13.2. The van der Waals surface area contributed by atoms with E-state index < -0.39 is 5.97 Å². The van der Waals surface area contributed by atoms with Gasteiger partial charge in [0, 0.05) is 17.4 Å². The van der Waals surface area contributed by atoms with Gasteiger partial charge in [0.05, 0.1) is 29.7 Å². The number of imidazole rings is 1. The van der Waals surface area contributed by atoms with Gasteiger partial charge in [-0.15, -0.1) is 0 Å². The molecule has 5 rings (SSSR count). The average molecular weight is 566 g/mol. The summed E-state index contributed by atoms with van der Waals surface area (Å²) in [5, 5.41) is 12.7. The number of carboxylic acids is 1. The molecule has 1 heterocycles. The van der Waals surface area contributed by atoms with Gasteiger partial charge < -0.3 is 15.2 Å². The molecular weight excluding hydrogens is 534 g/mol. The fourth-order valence-electron chi connectivity index (χ4n) is 4.86. The van der Waals surface area contributed by atoms with Gasteiger partial charge in [0.15, 0.2) is 0 Å².